The van der Waals surface area contributed by atoms with Gasteiger partial charge in [-0.1, -0.05) is 32.0 Å². The molecule has 0 amide bonds. The first-order valence-corrected chi connectivity index (χ1v) is 6.79. The SMILES string of the molecule is CCC(CC)(C(N)c1ccccc1C(F)(F)F)N(C)C. The molecule has 0 fully saturated rings. The van der Waals surface area contributed by atoms with Gasteiger partial charge in [0.2, 0.25) is 0 Å². The summed E-state index contributed by atoms with van der Waals surface area (Å²) >= 11 is 0. The highest BCUT2D eigenvalue weighted by molar-refractivity contribution is 5.34. The minimum atomic E-state index is -4.38. The Morgan fingerprint density at radius 3 is 2.00 bits per heavy atom. The van der Waals surface area contributed by atoms with Crippen LogP contribution in [-0.2, 0) is 6.18 Å². The second kappa shape index (κ2) is 6.14. The molecule has 0 saturated carbocycles. The van der Waals surface area contributed by atoms with Crippen molar-refractivity contribution in [2.45, 2.75) is 44.4 Å². The van der Waals surface area contributed by atoms with E-state index in [-0.39, 0.29) is 5.56 Å². The highest BCUT2D eigenvalue weighted by Gasteiger charge is 2.41. The Hall–Kier alpha value is -1.07. The molecule has 114 valence electrons. The minimum Gasteiger partial charge on any atom is -0.322 e. The van der Waals surface area contributed by atoms with Crippen molar-refractivity contribution in [2.75, 3.05) is 14.1 Å². The van der Waals surface area contributed by atoms with Crippen LogP contribution in [0.25, 0.3) is 0 Å². The molecule has 1 aromatic carbocycles. The zero-order chi connectivity index (χ0) is 15.6. The van der Waals surface area contributed by atoms with E-state index in [1.807, 2.05) is 32.8 Å². The largest absolute Gasteiger partial charge is 0.416 e. The molecular formula is C15H23F3N2. The Balaban J connectivity index is 3.37. The molecule has 1 atom stereocenters. The number of nitrogens with zero attached hydrogens (tertiary/aromatic N) is 1. The van der Waals surface area contributed by atoms with Gasteiger partial charge in [-0.2, -0.15) is 13.2 Å². The molecule has 1 aromatic rings. The van der Waals surface area contributed by atoms with Crippen LogP contribution in [0.5, 0.6) is 0 Å². The van der Waals surface area contributed by atoms with E-state index < -0.39 is 23.3 Å². The summed E-state index contributed by atoms with van der Waals surface area (Å²) in [5.74, 6) is 0. The molecular weight excluding hydrogens is 265 g/mol. The maximum Gasteiger partial charge on any atom is 0.416 e. The molecule has 1 unspecified atom stereocenters. The first-order chi connectivity index (χ1) is 9.20. The first kappa shape index (κ1) is 17.0. The maximum atomic E-state index is 13.1. The van der Waals surface area contributed by atoms with E-state index in [9.17, 15) is 13.2 Å². The van der Waals surface area contributed by atoms with E-state index >= 15 is 0 Å². The molecule has 1 rings (SSSR count). The molecule has 0 bridgehead atoms. The van der Waals surface area contributed by atoms with E-state index in [1.54, 1.807) is 6.07 Å². The summed E-state index contributed by atoms with van der Waals surface area (Å²) in [6.45, 7) is 3.92. The zero-order valence-electron chi connectivity index (χ0n) is 12.5. The van der Waals surface area contributed by atoms with Crippen LogP contribution in [0.3, 0.4) is 0 Å². The molecule has 20 heavy (non-hydrogen) atoms. The van der Waals surface area contributed by atoms with Gasteiger partial charge in [0.05, 0.1) is 5.56 Å². The second-order valence-electron chi connectivity index (χ2n) is 5.27. The summed E-state index contributed by atoms with van der Waals surface area (Å²) in [4.78, 5) is 1.94. The van der Waals surface area contributed by atoms with Crippen LogP contribution in [-0.4, -0.2) is 24.5 Å². The number of hydrogen-bond donors (Lipinski definition) is 1. The fourth-order valence-electron chi connectivity index (χ4n) is 2.92. The topological polar surface area (TPSA) is 29.3 Å². The number of halogens is 3. The molecule has 2 N–H and O–H groups in total. The normalized spacial score (nSPS) is 14.7. The molecule has 0 aromatic heterocycles. The molecule has 0 aliphatic carbocycles. The number of hydrogen-bond acceptors (Lipinski definition) is 2. The lowest BCUT2D eigenvalue weighted by molar-refractivity contribution is -0.138. The Kier molecular flexibility index (Phi) is 5.21. The van der Waals surface area contributed by atoms with Gasteiger partial charge in [-0.15, -0.1) is 0 Å². The van der Waals surface area contributed by atoms with Crippen molar-refractivity contribution in [3.8, 4) is 0 Å². The minimum absolute atomic E-state index is 0.164. The van der Waals surface area contributed by atoms with E-state index in [0.717, 1.165) is 6.07 Å². The maximum absolute atomic E-state index is 13.1. The van der Waals surface area contributed by atoms with Gasteiger partial charge in [-0.05, 0) is 38.6 Å². The van der Waals surface area contributed by atoms with Crippen molar-refractivity contribution >= 4 is 0 Å². The Morgan fingerprint density at radius 1 is 1.10 bits per heavy atom. The predicted molar refractivity (Wildman–Crippen MR) is 75.4 cm³/mol. The van der Waals surface area contributed by atoms with Crippen LogP contribution in [0.4, 0.5) is 13.2 Å². The number of nitrogens with two attached hydrogens (primary N) is 1. The van der Waals surface area contributed by atoms with Gasteiger partial charge < -0.3 is 10.6 Å². The van der Waals surface area contributed by atoms with Crippen LogP contribution in [0.15, 0.2) is 24.3 Å². The van der Waals surface area contributed by atoms with E-state index in [2.05, 4.69) is 0 Å². The fraction of sp³-hybridized carbons (Fsp3) is 0.600. The number of likely N-dealkylation sites (N-methyl/N-ethyl adjacent to an activating group) is 1. The van der Waals surface area contributed by atoms with Crippen molar-refractivity contribution in [1.29, 1.82) is 0 Å². The van der Waals surface area contributed by atoms with E-state index in [0.29, 0.717) is 12.8 Å². The van der Waals surface area contributed by atoms with Crippen molar-refractivity contribution in [3.05, 3.63) is 35.4 Å². The lowest BCUT2D eigenvalue weighted by Crippen LogP contribution is -2.52. The van der Waals surface area contributed by atoms with Gasteiger partial charge in [0.25, 0.3) is 0 Å². The molecule has 0 aliphatic heterocycles. The van der Waals surface area contributed by atoms with Gasteiger partial charge in [0.1, 0.15) is 0 Å². The van der Waals surface area contributed by atoms with E-state index in [4.69, 9.17) is 5.73 Å². The summed E-state index contributed by atoms with van der Waals surface area (Å²) in [5, 5.41) is 0. The third-order valence-corrected chi connectivity index (χ3v) is 4.30. The number of rotatable bonds is 5. The molecule has 5 heteroatoms. The average molecular weight is 288 g/mol. The molecule has 0 saturated heterocycles. The van der Waals surface area contributed by atoms with Crippen LogP contribution < -0.4 is 5.73 Å². The third-order valence-electron chi connectivity index (χ3n) is 4.30. The van der Waals surface area contributed by atoms with Gasteiger partial charge >= 0.3 is 6.18 Å². The van der Waals surface area contributed by atoms with Crippen LogP contribution in [0.2, 0.25) is 0 Å². The average Bonchev–Trinajstić information content (AvgIpc) is 2.39. The van der Waals surface area contributed by atoms with Crippen molar-refractivity contribution in [1.82, 2.24) is 4.90 Å². The zero-order valence-corrected chi connectivity index (χ0v) is 12.5. The highest BCUT2D eigenvalue weighted by atomic mass is 19.4. The van der Waals surface area contributed by atoms with Gasteiger partial charge in [0, 0.05) is 11.6 Å². The van der Waals surface area contributed by atoms with Crippen molar-refractivity contribution in [2.24, 2.45) is 5.73 Å². The Labute approximate surface area is 118 Å². The monoisotopic (exact) mass is 288 g/mol. The summed E-state index contributed by atoms with van der Waals surface area (Å²) in [5.41, 5.74) is 5.29. The lowest BCUT2D eigenvalue weighted by atomic mass is 9.79. The van der Waals surface area contributed by atoms with Crippen LogP contribution in [0, 0.1) is 0 Å². The highest BCUT2D eigenvalue weighted by Crippen LogP contribution is 2.40. The van der Waals surface area contributed by atoms with Gasteiger partial charge in [-0.3, -0.25) is 0 Å². The quantitative estimate of drug-likeness (QED) is 0.892. The molecule has 0 aliphatic rings. The Bertz CT molecular complexity index is 437. The summed E-state index contributed by atoms with van der Waals surface area (Å²) in [6.07, 6.45) is -3.01. The lowest BCUT2D eigenvalue weighted by Gasteiger charge is -2.44. The standard InChI is InChI=1S/C15H23F3N2/c1-5-14(6-2,20(3)4)13(19)11-9-7-8-10-12(11)15(16,17)18/h7-10,13H,5-6,19H2,1-4H3. The number of benzene rings is 1. The van der Waals surface area contributed by atoms with Crippen molar-refractivity contribution in [3.63, 3.8) is 0 Å². The van der Waals surface area contributed by atoms with E-state index in [1.165, 1.54) is 12.1 Å². The predicted octanol–water partition coefficient (Wildman–Crippen LogP) is 3.83. The molecule has 0 radical (unpaired) electrons. The van der Waals surface area contributed by atoms with Crippen LogP contribution in [0.1, 0.15) is 43.9 Å². The Morgan fingerprint density at radius 2 is 1.60 bits per heavy atom. The second-order valence-corrected chi connectivity index (χ2v) is 5.27. The third kappa shape index (κ3) is 2.99. The molecule has 0 spiro atoms. The van der Waals surface area contributed by atoms with Gasteiger partial charge in [-0.25, -0.2) is 0 Å². The fourth-order valence-corrected chi connectivity index (χ4v) is 2.92. The van der Waals surface area contributed by atoms with Gasteiger partial charge in [0.15, 0.2) is 0 Å². The summed E-state index contributed by atoms with van der Waals surface area (Å²) < 4.78 is 39.4. The summed E-state index contributed by atoms with van der Waals surface area (Å²) in [6, 6.07) is 4.90. The molecule has 2 nitrogen and oxygen atoms in total. The number of alkyl halides is 3. The van der Waals surface area contributed by atoms with Crippen molar-refractivity contribution < 1.29 is 13.2 Å². The first-order valence-electron chi connectivity index (χ1n) is 6.79. The smallest absolute Gasteiger partial charge is 0.322 e. The summed E-state index contributed by atoms with van der Waals surface area (Å²) in [7, 11) is 3.73. The van der Waals surface area contributed by atoms with Crippen LogP contribution >= 0.6 is 0 Å². The molecule has 0 heterocycles.